The molecule has 2 aliphatic rings. The molecule has 2 amide bonds. The highest BCUT2D eigenvalue weighted by atomic mass is 16.5. The minimum Gasteiger partial charge on any atom is -0.494 e. The first-order chi connectivity index (χ1) is 13.1. The van der Waals surface area contributed by atoms with Gasteiger partial charge in [-0.3, -0.25) is 19.4 Å². The van der Waals surface area contributed by atoms with Crippen LogP contribution in [0.25, 0.3) is 0 Å². The Labute approximate surface area is 160 Å². The van der Waals surface area contributed by atoms with Gasteiger partial charge >= 0.3 is 0 Å². The molecule has 0 aliphatic carbocycles. The van der Waals surface area contributed by atoms with E-state index < -0.39 is 0 Å². The second-order valence-corrected chi connectivity index (χ2v) is 6.92. The predicted molar refractivity (Wildman–Crippen MR) is 101 cm³/mol. The van der Waals surface area contributed by atoms with Gasteiger partial charge in [0.2, 0.25) is 5.91 Å². The van der Waals surface area contributed by atoms with Gasteiger partial charge in [0.05, 0.1) is 30.8 Å². The Morgan fingerprint density at radius 2 is 1.85 bits per heavy atom. The summed E-state index contributed by atoms with van der Waals surface area (Å²) in [5.41, 5.74) is 0.601. The Bertz CT molecular complexity index is 705. The summed E-state index contributed by atoms with van der Waals surface area (Å²) in [6.07, 6.45) is 1.67. The second-order valence-electron chi connectivity index (χ2n) is 6.92. The third kappa shape index (κ3) is 4.46. The van der Waals surface area contributed by atoms with Gasteiger partial charge in [0.1, 0.15) is 5.75 Å². The zero-order chi connectivity index (χ0) is 19.2. The van der Waals surface area contributed by atoms with E-state index in [0.717, 1.165) is 44.9 Å². The summed E-state index contributed by atoms with van der Waals surface area (Å²) in [5, 5.41) is 8.70. The Morgan fingerprint density at radius 3 is 2.48 bits per heavy atom. The number of rotatable bonds is 7. The van der Waals surface area contributed by atoms with Gasteiger partial charge in [-0.1, -0.05) is 6.92 Å². The van der Waals surface area contributed by atoms with Gasteiger partial charge in [-0.05, 0) is 30.7 Å². The fourth-order valence-electron chi connectivity index (χ4n) is 3.59. The maximum atomic E-state index is 12.9. The molecule has 3 rings (SSSR count). The molecule has 0 radical (unpaired) electrons. The number of nitriles is 1. The van der Waals surface area contributed by atoms with Crippen LogP contribution in [-0.2, 0) is 9.59 Å². The molecule has 144 valence electrons. The molecular formula is C20H26N4O3. The Kier molecular flexibility index (Phi) is 6.43. The highest BCUT2D eigenvalue weighted by Gasteiger charge is 2.43. The van der Waals surface area contributed by atoms with Gasteiger partial charge in [-0.2, -0.15) is 5.26 Å². The van der Waals surface area contributed by atoms with E-state index in [2.05, 4.69) is 15.9 Å². The van der Waals surface area contributed by atoms with Crippen LogP contribution in [0.2, 0.25) is 0 Å². The fourth-order valence-corrected chi connectivity index (χ4v) is 3.59. The van der Waals surface area contributed by atoms with E-state index in [4.69, 9.17) is 10.00 Å². The largest absolute Gasteiger partial charge is 0.494 e. The van der Waals surface area contributed by atoms with Crippen molar-refractivity contribution in [2.45, 2.75) is 32.2 Å². The number of piperazine rings is 1. The summed E-state index contributed by atoms with van der Waals surface area (Å²) in [6.45, 7) is 6.58. The van der Waals surface area contributed by atoms with Crippen molar-refractivity contribution in [3.05, 3.63) is 24.3 Å². The molecule has 0 spiro atoms. The number of carbonyl (C=O) groups is 2. The maximum absolute atomic E-state index is 12.9. The molecule has 0 aromatic heterocycles. The number of amides is 2. The average molecular weight is 370 g/mol. The molecule has 1 atom stereocenters. The minimum absolute atomic E-state index is 0.146. The number of carbonyl (C=O) groups excluding carboxylic acids is 2. The third-order valence-electron chi connectivity index (χ3n) is 5.08. The number of imide groups is 1. The monoisotopic (exact) mass is 370 g/mol. The molecule has 2 heterocycles. The quantitative estimate of drug-likeness (QED) is 0.679. The summed E-state index contributed by atoms with van der Waals surface area (Å²) in [6, 6.07) is 8.91. The molecule has 2 aliphatic heterocycles. The van der Waals surface area contributed by atoms with Crippen LogP contribution in [0, 0.1) is 11.3 Å². The predicted octanol–water partition coefficient (Wildman–Crippen LogP) is 1.64. The van der Waals surface area contributed by atoms with Crippen molar-refractivity contribution < 1.29 is 14.3 Å². The first kappa shape index (κ1) is 19.3. The average Bonchev–Trinajstić information content (AvgIpc) is 3.00. The van der Waals surface area contributed by atoms with Crippen molar-refractivity contribution in [1.29, 1.82) is 5.26 Å². The van der Waals surface area contributed by atoms with Crippen molar-refractivity contribution in [2.24, 2.45) is 0 Å². The molecule has 0 bridgehead atoms. The maximum Gasteiger partial charge on any atom is 0.251 e. The second kappa shape index (κ2) is 8.98. The Hall–Kier alpha value is -2.43. The van der Waals surface area contributed by atoms with Crippen LogP contribution in [0.3, 0.4) is 0 Å². The molecule has 2 saturated heterocycles. The number of hydrogen-bond acceptors (Lipinski definition) is 6. The number of hydrogen-bond donors (Lipinski definition) is 0. The molecule has 7 nitrogen and oxygen atoms in total. The van der Waals surface area contributed by atoms with Crippen LogP contribution in [0.5, 0.6) is 5.75 Å². The fraction of sp³-hybridized carbons (Fsp3) is 0.550. The van der Waals surface area contributed by atoms with Crippen molar-refractivity contribution in [1.82, 2.24) is 9.80 Å². The van der Waals surface area contributed by atoms with Crippen molar-refractivity contribution >= 4 is 17.5 Å². The van der Waals surface area contributed by atoms with Crippen molar-refractivity contribution in [3.8, 4) is 11.8 Å². The summed E-state index contributed by atoms with van der Waals surface area (Å²) < 4.78 is 5.56. The van der Waals surface area contributed by atoms with E-state index >= 15 is 0 Å². The van der Waals surface area contributed by atoms with Crippen molar-refractivity contribution in [2.75, 3.05) is 44.2 Å². The highest BCUT2D eigenvalue weighted by molar-refractivity contribution is 6.22. The smallest absolute Gasteiger partial charge is 0.251 e. The molecule has 1 aromatic rings. The van der Waals surface area contributed by atoms with Gasteiger partial charge in [0, 0.05) is 39.1 Å². The Balaban J connectivity index is 1.61. The number of nitrogens with zero attached hydrogens (tertiary/aromatic N) is 4. The standard InChI is InChI=1S/C20H26N4O3/c1-2-14-27-17-6-4-16(5-7-17)24-19(25)15-18(20(24)26)23-12-10-22(11-13-23)9-3-8-21/h4-7,18H,2-3,9-15H2,1H3/t18-/m0/s1. The van der Waals surface area contributed by atoms with E-state index in [0.29, 0.717) is 18.7 Å². The van der Waals surface area contributed by atoms with Gasteiger partial charge < -0.3 is 4.74 Å². The number of benzene rings is 1. The summed E-state index contributed by atoms with van der Waals surface area (Å²) >= 11 is 0. The van der Waals surface area contributed by atoms with Gasteiger partial charge in [-0.25, -0.2) is 4.90 Å². The lowest BCUT2D eigenvalue weighted by molar-refractivity contribution is -0.123. The normalized spacial score (nSPS) is 21.5. The summed E-state index contributed by atoms with van der Waals surface area (Å²) in [5.74, 6) is 0.441. The minimum atomic E-state index is -0.383. The first-order valence-corrected chi connectivity index (χ1v) is 9.57. The van der Waals surface area contributed by atoms with Crippen LogP contribution in [0.15, 0.2) is 24.3 Å². The molecule has 0 saturated carbocycles. The SMILES string of the molecule is CCCOc1ccc(N2C(=O)C[C@H](N3CCN(CCC#N)CC3)C2=O)cc1. The third-order valence-corrected chi connectivity index (χ3v) is 5.08. The van der Waals surface area contributed by atoms with Crippen molar-refractivity contribution in [3.63, 3.8) is 0 Å². The van der Waals surface area contributed by atoms with E-state index in [9.17, 15) is 9.59 Å². The van der Waals surface area contributed by atoms with Crippen LogP contribution in [0.4, 0.5) is 5.69 Å². The topological polar surface area (TPSA) is 76.9 Å². The van der Waals surface area contributed by atoms with Gasteiger partial charge in [0.25, 0.3) is 5.91 Å². The zero-order valence-corrected chi connectivity index (χ0v) is 15.8. The van der Waals surface area contributed by atoms with Crippen LogP contribution in [0.1, 0.15) is 26.2 Å². The number of anilines is 1. The molecular weight excluding hydrogens is 344 g/mol. The van der Waals surface area contributed by atoms with Crippen LogP contribution < -0.4 is 9.64 Å². The molecule has 7 heteroatoms. The first-order valence-electron chi connectivity index (χ1n) is 9.57. The summed E-state index contributed by atoms with van der Waals surface area (Å²) in [4.78, 5) is 31.0. The van der Waals surface area contributed by atoms with E-state index in [-0.39, 0.29) is 24.3 Å². The van der Waals surface area contributed by atoms with Crippen LogP contribution in [-0.4, -0.2) is 67.0 Å². The Morgan fingerprint density at radius 1 is 1.15 bits per heavy atom. The van der Waals surface area contributed by atoms with Crippen LogP contribution >= 0.6 is 0 Å². The molecule has 0 unspecified atom stereocenters. The van der Waals surface area contributed by atoms with E-state index in [1.54, 1.807) is 24.3 Å². The lowest BCUT2D eigenvalue weighted by Crippen LogP contribution is -2.52. The van der Waals surface area contributed by atoms with Gasteiger partial charge in [0.15, 0.2) is 0 Å². The molecule has 2 fully saturated rings. The van der Waals surface area contributed by atoms with E-state index in [1.165, 1.54) is 4.90 Å². The molecule has 1 aromatic carbocycles. The van der Waals surface area contributed by atoms with Gasteiger partial charge in [-0.15, -0.1) is 0 Å². The lowest BCUT2D eigenvalue weighted by Gasteiger charge is -2.36. The molecule has 0 N–H and O–H groups in total. The highest BCUT2D eigenvalue weighted by Crippen LogP contribution is 2.28. The zero-order valence-electron chi connectivity index (χ0n) is 15.8. The lowest BCUT2D eigenvalue weighted by atomic mass is 10.1. The van der Waals surface area contributed by atoms with E-state index in [1.807, 2.05) is 6.92 Å². The molecule has 27 heavy (non-hydrogen) atoms. The number of ether oxygens (including phenoxy) is 1. The summed E-state index contributed by atoms with van der Waals surface area (Å²) in [7, 11) is 0.